The smallest absolute Gasteiger partial charge is 0.208 e. The summed E-state index contributed by atoms with van der Waals surface area (Å²) in [5, 5.41) is 4.40. The van der Waals surface area contributed by atoms with Crippen LogP contribution in [0.2, 0.25) is 0 Å². The van der Waals surface area contributed by atoms with Crippen molar-refractivity contribution in [2.75, 3.05) is 19.3 Å². The molecular weight excluding hydrogens is 298 g/mol. The molecule has 1 aromatic carbocycles. The van der Waals surface area contributed by atoms with E-state index in [4.69, 9.17) is 0 Å². The Balaban J connectivity index is 1.91. The molecular formula is C16H19N3O2S. The lowest BCUT2D eigenvalue weighted by Crippen LogP contribution is -2.28. The van der Waals surface area contributed by atoms with Gasteiger partial charge in [-0.05, 0) is 23.8 Å². The van der Waals surface area contributed by atoms with Crippen molar-refractivity contribution < 1.29 is 8.42 Å². The highest BCUT2D eigenvalue weighted by molar-refractivity contribution is 7.88. The molecule has 1 aliphatic rings. The molecule has 0 radical (unpaired) electrons. The third-order valence-electron chi connectivity index (χ3n) is 3.76. The van der Waals surface area contributed by atoms with Crippen molar-refractivity contribution in [1.82, 2.24) is 14.6 Å². The van der Waals surface area contributed by atoms with E-state index in [0.717, 1.165) is 16.8 Å². The van der Waals surface area contributed by atoms with Gasteiger partial charge in [-0.3, -0.25) is 0 Å². The van der Waals surface area contributed by atoms with E-state index in [-0.39, 0.29) is 0 Å². The van der Waals surface area contributed by atoms with Crippen molar-refractivity contribution in [3.63, 3.8) is 0 Å². The maximum absolute atomic E-state index is 11.2. The van der Waals surface area contributed by atoms with Crippen LogP contribution in [0.1, 0.15) is 5.69 Å². The highest BCUT2D eigenvalue weighted by atomic mass is 32.2. The number of dihydropyridines is 1. The van der Waals surface area contributed by atoms with Gasteiger partial charge in [-0.1, -0.05) is 18.2 Å². The fourth-order valence-electron chi connectivity index (χ4n) is 2.66. The molecule has 0 saturated carbocycles. The summed E-state index contributed by atoms with van der Waals surface area (Å²) >= 11 is 0. The summed E-state index contributed by atoms with van der Waals surface area (Å²) in [5.41, 5.74) is 4.34. The second kappa shape index (κ2) is 5.62. The zero-order valence-electron chi connectivity index (χ0n) is 12.6. The number of nitrogens with one attached hydrogen (secondary N) is 2. The molecule has 0 amide bonds. The van der Waals surface area contributed by atoms with Gasteiger partial charge in [-0.15, -0.1) is 0 Å². The van der Waals surface area contributed by atoms with Crippen LogP contribution in [-0.4, -0.2) is 32.3 Å². The lowest BCUT2D eigenvalue weighted by molar-refractivity contribution is 0.590. The molecule has 3 rings (SSSR count). The van der Waals surface area contributed by atoms with E-state index in [0.29, 0.717) is 13.1 Å². The van der Waals surface area contributed by atoms with E-state index >= 15 is 0 Å². The fraction of sp³-hybridized carbons (Fsp3) is 0.250. The minimum absolute atomic E-state index is 0.327. The highest BCUT2D eigenvalue weighted by Gasteiger charge is 2.13. The highest BCUT2D eigenvalue weighted by Crippen LogP contribution is 2.26. The van der Waals surface area contributed by atoms with Gasteiger partial charge in [0.15, 0.2) is 0 Å². The summed E-state index contributed by atoms with van der Waals surface area (Å²) in [6.45, 7) is 0.975. The molecule has 2 N–H and O–H groups in total. The Labute approximate surface area is 130 Å². The number of benzene rings is 1. The minimum Gasteiger partial charge on any atom is -0.387 e. The SMILES string of the molecule is Cn1c(C2=CNCC(CNS(C)(=O)=O)=C2)cc2ccccc21. The Bertz CT molecular complexity index is 876. The predicted molar refractivity (Wildman–Crippen MR) is 89.8 cm³/mol. The molecule has 0 aliphatic carbocycles. The lowest BCUT2D eigenvalue weighted by atomic mass is 10.1. The molecule has 5 nitrogen and oxygen atoms in total. The summed E-state index contributed by atoms with van der Waals surface area (Å²) in [6, 6.07) is 10.4. The van der Waals surface area contributed by atoms with Crippen LogP contribution in [0, 0.1) is 0 Å². The quantitative estimate of drug-likeness (QED) is 0.900. The van der Waals surface area contributed by atoms with Crippen LogP contribution in [0.3, 0.4) is 0 Å². The molecule has 0 saturated heterocycles. The number of fused-ring (bicyclic) bond motifs is 1. The topological polar surface area (TPSA) is 63.1 Å². The summed E-state index contributed by atoms with van der Waals surface area (Å²) in [6.07, 6.45) is 5.19. The first kappa shape index (κ1) is 14.9. The molecule has 0 bridgehead atoms. The van der Waals surface area contributed by atoms with Crippen molar-refractivity contribution >= 4 is 26.5 Å². The molecule has 1 aliphatic heterocycles. The van der Waals surface area contributed by atoms with Gasteiger partial charge in [0.25, 0.3) is 0 Å². The number of para-hydroxylation sites is 1. The third-order valence-corrected chi connectivity index (χ3v) is 4.42. The molecule has 22 heavy (non-hydrogen) atoms. The molecule has 0 spiro atoms. The maximum atomic E-state index is 11.2. The average Bonchev–Trinajstić information content (AvgIpc) is 2.83. The van der Waals surface area contributed by atoms with Gasteiger partial charge in [0.2, 0.25) is 10.0 Å². The van der Waals surface area contributed by atoms with Crippen LogP contribution in [0.4, 0.5) is 0 Å². The Morgan fingerprint density at radius 2 is 2.09 bits per heavy atom. The number of aromatic nitrogens is 1. The second-order valence-corrected chi connectivity index (χ2v) is 7.36. The molecule has 0 atom stereocenters. The molecule has 6 heteroatoms. The van der Waals surface area contributed by atoms with Gasteiger partial charge in [0, 0.05) is 42.8 Å². The van der Waals surface area contributed by atoms with Crippen molar-refractivity contribution in [2.24, 2.45) is 7.05 Å². The van der Waals surface area contributed by atoms with Crippen LogP contribution < -0.4 is 10.0 Å². The molecule has 2 heterocycles. The number of hydrogen-bond acceptors (Lipinski definition) is 3. The first-order valence-electron chi connectivity index (χ1n) is 7.06. The first-order chi connectivity index (χ1) is 10.4. The second-order valence-electron chi connectivity index (χ2n) is 5.52. The van der Waals surface area contributed by atoms with Gasteiger partial charge in [0.1, 0.15) is 0 Å². The zero-order valence-corrected chi connectivity index (χ0v) is 13.4. The molecule has 2 aromatic rings. The van der Waals surface area contributed by atoms with E-state index in [1.807, 2.05) is 31.5 Å². The number of aryl methyl sites for hydroxylation is 1. The van der Waals surface area contributed by atoms with Crippen molar-refractivity contribution in [1.29, 1.82) is 0 Å². The summed E-state index contributed by atoms with van der Waals surface area (Å²) in [4.78, 5) is 0. The third kappa shape index (κ3) is 3.08. The maximum Gasteiger partial charge on any atom is 0.208 e. The summed E-state index contributed by atoms with van der Waals surface area (Å²) < 4.78 is 27.1. The van der Waals surface area contributed by atoms with Crippen LogP contribution >= 0.6 is 0 Å². The Hall–Kier alpha value is -2.05. The molecule has 116 valence electrons. The average molecular weight is 317 g/mol. The Morgan fingerprint density at radius 3 is 2.82 bits per heavy atom. The van der Waals surface area contributed by atoms with Gasteiger partial charge in [-0.25, -0.2) is 13.1 Å². The fourth-order valence-corrected chi connectivity index (χ4v) is 3.10. The molecule has 0 unspecified atom stereocenters. The first-order valence-corrected chi connectivity index (χ1v) is 8.96. The minimum atomic E-state index is -3.18. The van der Waals surface area contributed by atoms with Gasteiger partial charge in [0.05, 0.1) is 11.9 Å². The zero-order chi connectivity index (χ0) is 15.7. The number of rotatable bonds is 4. The summed E-state index contributed by atoms with van der Waals surface area (Å²) in [7, 11) is -1.14. The van der Waals surface area contributed by atoms with Crippen molar-refractivity contribution in [3.8, 4) is 0 Å². The van der Waals surface area contributed by atoms with E-state index < -0.39 is 10.0 Å². The van der Waals surface area contributed by atoms with Crippen LogP contribution in [0.15, 0.2) is 48.2 Å². The van der Waals surface area contributed by atoms with Crippen LogP contribution in [-0.2, 0) is 17.1 Å². The lowest BCUT2D eigenvalue weighted by Gasteiger charge is -2.16. The van der Waals surface area contributed by atoms with Gasteiger partial charge in [-0.2, -0.15) is 0 Å². The van der Waals surface area contributed by atoms with E-state index in [1.54, 1.807) is 0 Å². The van der Waals surface area contributed by atoms with E-state index in [2.05, 4.69) is 32.8 Å². The van der Waals surface area contributed by atoms with Crippen LogP contribution in [0.25, 0.3) is 16.5 Å². The van der Waals surface area contributed by atoms with E-state index in [9.17, 15) is 8.42 Å². The largest absolute Gasteiger partial charge is 0.387 e. The van der Waals surface area contributed by atoms with Crippen molar-refractivity contribution in [2.45, 2.75) is 0 Å². The van der Waals surface area contributed by atoms with E-state index in [1.165, 1.54) is 17.2 Å². The predicted octanol–water partition coefficient (Wildman–Crippen LogP) is 1.60. The monoisotopic (exact) mass is 317 g/mol. The number of sulfonamides is 1. The number of hydrogen-bond donors (Lipinski definition) is 2. The van der Waals surface area contributed by atoms with Crippen molar-refractivity contribution in [3.05, 3.63) is 53.9 Å². The van der Waals surface area contributed by atoms with Crippen LogP contribution in [0.5, 0.6) is 0 Å². The van der Waals surface area contributed by atoms with Gasteiger partial charge < -0.3 is 9.88 Å². The Kier molecular flexibility index (Phi) is 3.80. The standard InChI is InChI=1S/C16H19N3O2S/c1-19-15-6-4-3-5-13(15)8-16(19)14-7-12(9-17-11-14)10-18-22(2,20)21/h3-8,11,17-18H,9-10H2,1-2H3. The molecule has 0 fully saturated rings. The normalized spacial score (nSPS) is 15.4. The summed E-state index contributed by atoms with van der Waals surface area (Å²) in [5.74, 6) is 0. The van der Waals surface area contributed by atoms with Gasteiger partial charge >= 0.3 is 0 Å². The number of nitrogens with zero attached hydrogens (tertiary/aromatic N) is 1. The Morgan fingerprint density at radius 1 is 1.32 bits per heavy atom. The number of allylic oxidation sites excluding steroid dienone is 2. The molecule has 1 aromatic heterocycles.